The van der Waals surface area contributed by atoms with Gasteiger partial charge in [-0.05, 0) is 26.8 Å². The van der Waals surface area contributed by atoms with Gasteiger partial charge in [-0.3, -0.25) is 9.59 Å². The first-order valence-electron chi connectivity index (χ1n) is 6.18. The van der Waals surface area contributed by atoms with Crippen LogP contribution in [0.3, 0.4) is 0 Å². The van der Waals surface area contributed by atoms with Crippen molar-refractivity contribution in [2.24, 2.45) is 0 Å². The lowest BCUT2D eigenvalue weighted by Gasteiger charge is -2.44. The number of nitrogens with one attached hydrogen (secondary N) is 1. The summed E-state index contributed by atoms with van der Waals surface area (Å²) in [6.07, 6.45) is 0.998. The first kappa shape index (κ1) is 14.0. The van der Waals surface area contributed by atoms with Crippen molar-refractivity contribution in [1.29, 1.82) is 0 Å². The molecule has 98 valence electrons. The zero-order valence-electron chi connectivity index (χ0n) is 11.2. The van der Waals surface area contributed by atoms with Gasteiger partial charge in [0.2, 0.25) is 11.8 Å². The van der Waals surface area contributed by atoms with E-state index in [4.69, 9.17) is 0 Å². The normalized spacial score (nSPS) is 19.6. The maximum Gasteiger partial charge on any atom is 0.247 e. The summed E-state index contributed by atoms with van der Waals surface area (Å²) < 4.78 is 0. The van der Waals surface area contributed by atoms with Gasteiger partial charge in [0, 0.05) is 20.1 Å². The molecule has 1 aliphatic heterocycles. The molecular formula is C12H23N3O2. The van der Waals surface area contributed by atoms with Crippen molar-refractivity contribution in [3.8, 4) is 0 Å². The van der Waals surface area contributed by atoms with Crippen LogP contribution in [0, 0.1) is 0 Å². The molecule has 0 spiro atoms. The van der Waals surface area contributed by atoms with Gasteiger partial charge in [0.1, 0.15) is 5.54 Å². The second kappa shape index (κ2) is 5.49. The van der Waals surface area contributed by atoms with Gasteiger partial charge in [0.25, 0.3) is 0 Å². The molecule has 0 aliphatic carbocycles. The van der Waals surface area contributed by atoms with E-state index >= 15 is 0 Å². The Bertz CT molecular complexity index is 302. The Kier molecular flexibility index (Phi) is 4.51. The Morgan fingerprint density at radius 3 is 2.65 bits per heavy atom. The Hall–Kier alpha value is -1.10. The summed E-state index contributed by atoms with van der Waals surface area (Å²) in [6.45, 7) is 8.04. The first-order valence-corrected chi connectivity index (χ1v) is 6.18. The maximum absolute atomic E-state index is 12.0. The highest BCUT2D eigenvalue weighted by Crippen LogP contribution is 2.21. The standard InChI is InChI=1S/C12H23N3O2/c1-5-6-13-9-10(16)15-8-7-14(4)11(17)12(15,2)3/h13H,5-9H2,1-4H3. The minimum atomic E-state index is -0.724. The van der Waals surface area contributed by atoms with E-state index in [0.717, 1.165) is 13.0 Å². The van der Waals surface area contributed by atoms with E-state index in [-0.39, 0.29) is 11.8 Å². The number of likely N-dealkylation sites (N-methyl/N-ethyl adjacent to an activating group) is 1. The number of amides is 2. The monoisotopic (exact) mass is 241 g/mol. The third-order valence-corrected chi connectivity index (χ3v) is 3.21. The molecule has 1 heterocycles. The minimum absolute atomic E-state index is 0.00454. The van der Waals surface area contributed by atoms with Crippen LogP contribution < -0.4 is 5.32 Å². The highest BCUT2D eigenvalue weighted by atomic mass is 16.2. The highest BCUT2D eigenvalue weighted by molar-refractivity contribution is 5.92. The summed E-state index contributed by atoms with van der Waals surface area (Å²) in [5.41, 5.74) is -0.724. The summed E-state index contributed by atoms with van der Waals surface area (Å²) in [5, 5.41) is 3.08. The Morgan fingerprint density at radius 2 is 2.06 bits per heavy atom. The third kappa shape index (κ3) is 2.97. The third-order valence-electron chi connectivity index (χ3n) is 3.21. The fourth-order valence-electron chi connectivity index (χ4n) is 2.12. The number of nitrogens with zero attached hydrogens (tertiary/aromatic N) is 2. The van der Waals surface area contributed by atoms with E-state index in [1.807, 2.05) is 13.8 Å². The van der Waals surface area contributed by atoms with Crippen LogP contribution in [0.15, 0.2) is 0 Å². The van der Waals surface area contributed by atoms with E-state index in [9.17, 15) is 9.59 Å². The second-order valence-corrected chi connectivity index (χ2v) is 5.01. The van der Waals surface area contributed by atoms with Gasteiger partial charge in [-0.2, -0.15) is 0 Å². The molecule has 0 radical (unpaired) electrons. The minimum Gasteiger partial charge on any atom is -0.342 e. The lowest BCUT2D eigenvalue weighted by molar-refractivity contribution is -0.156. The molecule has 1 saturated heterocycles. The van der Waals surface area contributed by atoms with Crippen LogP contribution in [0.25, 0.3) is 0 Å². The molecule has 1 aliphatic rings. The molecule has 5 nitrogen and oxygen atoms in total. The zero-order valence-corrected chi connectivity index (χ0v) is 11.2. The number of carbonyl (C=O) groups is 2. The van der Waals surface area contributed by atoms with Crippen molar-refractivity contribution in [1.82, 2.24) is 15.1 Å². The number of carbonyl (C=O) groups excluding carboxylic acids is 2. The molecule has 0 aromatic rings. The summed E-state index contributed by atoms with van der Waals surface area (Å²) in [7, 11) is 1.78. The van der Waals surface area contributed by atoms with E-state index in [1.165, 1.54) is 0 Å². The summed E-state index contributed by atoms with van der Waals surface area (Å²) >= 11 is 0. The average molecular weight is 241 g/mol. The van der Waals surface area contributed by atoms with Crippen LogP contribution in [-0.4, -0.2) is 60.4 Å². The van der Waals surface area contributed by atoms with Gasteiger partial charge < -0.3 is 15.1 Å². The molecule has 2 amide bonds. The van der Waals surface area contributed by atoms with Crippen LogP contribution in [0.4, 0.5) is 0 Å². The maximum atomic E-state index is 12.0. The molecule has 1 rings (SSSR count). The molecule has 1 fully saturated rings. The van der Waals surface area contributed by atoms with Crippen LogP contribution >= 0.6 is 0 Å². The second-order valence-electron chi connectivity index (χ2n) is 5.01. The van der Waals surface area contributed by atoms with Gasteiger partial charge in [-0.15, -0.1) is 0 Å². The fraction of sp³-hybridized carbons (Fsp3) is 0.833. The molecule has 5 heteroatoms. The number of rotatable bonds is 4. The number of hydrogen-bond acceptors (Lipinski definition) is 3. The first-order chi connectivity index (χ1) is 7.91. The van der Waals surface area contributed by atoms with Gasteiger partial charge in [0.15, 0.2) is 0 Å². The lowest BCUT2D eigenvalue weighted by Crippen LogP contribution is -2.64. The van der Waals surface area contributed by atoms with Crippen molar-refractivity contribution in [3.63, 3.8) is 0 Å². The van der Waals surface area contributed by atoms with E-state index < -0.39 is 5.54 Å². The van der Waals surface area contributed by atoms with E-state index in [2.05, 4.69) is 12.2 Å². The van der Waals surface area contributed by atoms with Crippen molar-refractivity contribution in [2.45, 2.75) is 32.7 Å². The predicted molar refractivity (Wildman–Crippen MR) is 66.6 cm³/mol. The van der Waals surface area contributed by atoms with Crippen molar-refractivity contribution < 1.29 is 9.59 Å². The van der Waals surface area contributed by atoms with Gasteiger partial charge >= 0.3 is 0 Å². The zero-order chi connectivity index (χ0) is 13.1. The topological polar surface area (TPSA) is 52.7 Å². The van der Waals surface area contributed by atoms with Gasteiger partial charge in [-0.25, -0.2) is 0 Å². The predicted octanol–water partition coefficient (Wildman–Crippen LogP) is 0.0652. The molecule has 0 atom stereocenters. The molecule has 1 N–H and O–H groups in total. The molecular weight excluding hydrogens is 218 g/mol. The largest absolute Gasteiger partial charge is 0.342 e. The molecule has 0 saturated carbocycles. The van der Waals surface area contributed by atoms with Crippen molar-refractivity contribution in [3.05, 3.63) is 0 Å². The summed E-state index contributed by atoms with van der Waals surface area (Å²) in [4.78, 5) is 27.4. The highest BCUT2D eigenvalue weighted by Gasteiger charge is 2.42. The van der Waals surface area contributed by atoms with Crippen LogP contribution in [0.1, 0.15) is 27.2 Å². The molecule has 0 aromatic heterocycles. The SMILES string of the molecule is CCCNCC(=O)N1CCN(C)C(=O)C1(C)C. The number of piperazine rings is 1. The summed E-state index contributed by atoms with van der Waals surface area (Å²) in [5.74, 6) is 0.0116. The molecule has 0 unspecified atom stereocenters. The lowest BCUT2D eigenvalue weighted by atomic mass is 9.97. The fourth-order valence-corrected chi connectivity index (χ4v) is 2.12. The number of hydrogen-bond donors (Lipinski definition) is 1. The van der Waals surface area contributed by atoms with Crippen molar-refractivity contribution in [2.75, 3.05) is 33.2 Å². The van der Waals surface area contributed by atoms with Crippen LogP contribution in [-0.2, 0) is 9.59 Å². The average Bonchev–Trinajstić information content (AvgIpc) is 2.26. The quantitative estimate of drug-likeness (QED) is 0.708. The Morgan fingerprint density at radius 1 is 1.41 bits per heavy atom. The summed E-state index contributed by atoms with van der Waals surface area (Å²) in [6, 6.07) is 0. The van der Waals surface area contributed by atoms with Crippen molar-refractivity contribution >= 4 is 11.8 Å². The van der Waals surface area contributed by atoms with Gasteiger partial charge in [-0.1, -0.05) is 6.92 Å². The smallest absolute Gasteiger partial charge is 0.247 e. The van der Waals surface area contributed by atoms with Crippen LogP contribution in [0.5, 0.6) is 0 Å². The van der Waals surface area contributed by atoms with Gasteiger partial charge in [0.05, 0.1) is 6.54 Å². The molecule has 0 aromatic carbocycles. The van der Waals surface area contributed by atoms with E-state index in [1.54, 1.807) is 16.8 Å². The Labute approximate surface area is 103 Å². The Balaban J connectivity index is 2.64. The van der Waals surface area contributed by atoms with E-state index in [0.29, 0.717) is 19.6 Å². The molecule has 17 heavy (non-hydrogen) atoms. The molecule has 0 bridgehead atoms. The van der Waals surface area contributed by atoms with Crippen LogP contribution in [0.2, 0.25) is 0 Å².